The van der Waals surface area contributed by atoms with Crippen molar-refractivity contribution < 1.29 is 0 Å². The van der Waals surface area contributed by atoms with Crippen molar-refractivity contribution in [3.8, 4) is 0 Å². The van der Waals surface area contributed by atoms with Crippen LogP contribution in [0.25, 0.3) is 0 Å². The maximum Gasteiger partial charge on any atom is 0.128 e. The lowest BCUT2D eigenvalue weighted by Crippen LogP contribution is -2.25. The van der Waals surface area contributed by atoms with Crippen LogP contribution in [0.1, 0.15) is 51.3 Å². The molecular formula is C17H29N3. The molecule has 3 nitrogen and oxygen atoms in total. The highest BCUT2D eigenvalue weighted by atomic mass is 15.2. The molecule has 1 saturated carbocycles. The number of anilines is 1. The number of pyridine rings is 1. The summed E-state index contributed by atoms with van der Waals surface area (Å²) in [6.45, 7) is 8.78. The van der Waals surface area contributed by atoms with Crippen molar-refractivity contribution in [1.29, 1.82) is 0 Å². The van der Waals surface area contributed by atoms with E-state index in [1.165, 1.54) is 30.5 Å². The topological polar surface area (TPSA) is 28.2 Å². The van der Waals surface area contributed by atoms with Gasteiger partial charge in [0.1, 0.15) is 5.82 Å². The molecule has 112 valence electrons. The number of hydrogen-bond acceptors (Lipinski definition) is 3. The van der Waals surface area contributed by atoms with Crippen LogP contribution in [0.4, 0.5) is 5.82 Å². The van der Waals surface area contributed by atoms with Gasteiger partial charge in [-0.1, -0.05) is 27.2 Å². The normalized spacial score (nSPS) is 16.2. The minimum absolute atomic E-state index is 0.708. The van der Waals surface area contributed by atoms with E-state index in [2.05, 4.69) is 50.2 Å². The molecule has 0 aromatic carbocycles. The van der Waals surface area contributed by atoms with Crippen molar-refractivity contribution in [1.82, 2.24) is 10.3 Å². The Bertz CT molecular complexity index is 426. The SMILES string of the molecule is CCc1cc(CNC2CC2)cc(N(C)CC(C)CC)n1. The van der Waals surface area contributed by atoms with Crippen LogP contribution in [0, 0.1) is 5.92 Å². The lowest BCUT2D eigenvalue weighted by Gasteiger charge is -2.23. The molecule has 1 aromatic rings. The van der Waals surface area contributed by atoms with Crippen LogP contribution in [0.15, 0.2) is 12.1 Å². The monoisotopic (exact) mass is 275 g/mol. The molecular weight excluding hydrogens is 246 g/mol. The van der Waals surface area contributed by atoms with Gasteiger partial charge < -0.3 is 10.2 Å². The number of nitrogens with zero attached hydrogens (tertiary/aromatic N) is 2. The molecule has 0 radical (unpaired) electrons. The summed E-state index contributed by atoms with van der Waals surface area (Å²) in [5.41, 5.74) is 2.57. The average molecular weight is 275 g/mol. The number of rotatable bonds is 8. The number of nitrogens with one attached hydrogen (secondary N) is 1. The standard InChI is InChI=1S/C17H29N3/c1-5-13(3)12-20(4)17-10-14(9-15(6-2)19-17)11-18-16-7-8-16/h9-10,13,16,18H,5-8,11-12H2,1-4H3. The molecule has 0 spiro atoms. The van der Waals surface area contributed by atoms with Gasteiger partial charge in [0, 0.05) is 31.9 Å². The van der Waals surface area contributed by atoms with Gasteiger partial charge in [-0.3, -0.25) is 0 Å². The Morgan fingerprint density at radius 3 is 2.70 bits per heavy atom. The third-order valence-electron chi connectivity index (χ3n) is 4.13. The lowest BCUT2D eigenvalue weighted by molar-refractivity contribution is 0.557. The van der Waals surface area contributed by atoms with Crippen molar-refractivity contribution in [2.24, 2.45) is 5.92 Å². The summed E-state index contributed by atoms with van der Waals surface area (Å²) in [6, 6.07) is 5.25. The van der Waals surface area contributed by atoms with Gasteiger partial charge in [0.05, 0.1) is 0 Å². The Morgan fingerprint density at radius 1 is 1.35 bits per heavy atom. The molecule has 0 amide bonds. The van der Waals surface area contributed by atoms with E-state index in [-0.39, 0.29) is 0 Å². The minimum Gasteiger partial charge on any atom is -0.359 e. The van der Waals surface area contributed by atoms with Crippen molar-refractivity contribution in [2.75, 3.05) is 18.5 Å². The van der Waals surface area contributed by atoms with Gasteiger partial charge >= 0.3 is 0 Å². The summed E-state index contributed by atoms with van der Waals surface area (Å²) in [5.74, 6) is 1.83. The van der Waals surface area contributed by atoms with E-state index in [4.69, 9.17) is 4.98 Å². The molecule has 1 heterocycles. The molecule has 0 aliphatic heterocycles. The molecule has 1 aromatic heterocycles. The third kappa shape index (κ3) is 4.48. The fraction of sp³-hybridized carbons (Fsp3) is 0.706. The quantitative estimate of drug-likeness (QED) is 0.788. The Kier molecular flexibility index (Phi) is 5.41. The maximum atomic E-state index is 4.78. The van der Waals surface area contributed by atoms with Crippen molar-refractivity contribution >= 4 is 5.82 Å². The van der Waals surface area contributed by atoms with Crippen LogP contribution in [-0.2, 0) is 13.0 Å². The molecule has 1 unspecified atom stereocenters. The molecule has 1 N–H and O–H groups in total. The fourth-order valence-corrected chi connectivity index (χ4v) is 2.35. The van der Waals surface area contributed by atoms with Crippen molar-refractivity contribution in [3.63, 3.8) is 0 Å². The van der Waals surface area contributed by atoms with E-state index in [0.29, 0.717) is 5.92 Å². The van der Waals surface area contributed by atoms with Crippen molar-refractivity contribution in [2.45, 2.75) is 59.0 Å². The number of aryl methyl sites for hydroxylation is 1. The lowest BCUT2D eigenvalue weighted by atomic mass is 10.1. The average Bonchev–Trinajstić information content (AvgIpc) is 3.28. The van der Waals surface area contributed by atoms with Gasteiger partial charge in [0.25, 0.3) is 0 Å². The second-order valence-corrected chi connectivity index (χ2v) is 6.23. The molecule has 0 saturated heterocycles. The summed E-state index contributed by atoms with van der Waals surface area (Å²) in [5, 5.41) is 3.60. The second kappa shape index (κ2) is 7.07. The molecule has 20 heavy (non-hydrogen) atoms. The molecule has 1 aliphatic carbocycles. The second-order valence-electron chi connectivity index (χ2n) is 6.23. The fourth-order valence-electron chi connectivity index (χ4n) is 2.35. The Morgan fingerprint density at radius 2 is 2.10 bits per heavy atom. The van der Waals surface area contributed by atoms with Gasteiger partial charge in [-0.15, -0.1) is 0 Å². The van der Waals surface area contributed by atoms with E-state index in [1.54, 1.807) is 0 Å². The molecule has 0 bridgehead atoms. The van der Waals surface area contributed by atoms with Gasteiger partial charge in [0.2, 0.25) is 0 Å². The zero-order valence-electron chi connectivity index (χ0n) is 13.4. The van der Waals surface area contributed by atoms with E-state index in [1.807, 2.05) is 0 Å². The maximum absolute atomic E-state index is 4.78. The molecule has 2 rings (SSSR count). The first kappa shape index (κ1) is 15.3. The highest BCUT2D eigenvalue weighted by Gasteiger charge is 2.20. The van der Waals surface area contributed by atoms with E-state index in [9.17, 15) is 0 Å². The van der Waals surface area contributed by atoms with E-state index in [0.717, 1.165) is 31.4 Å². The predicted octanol–water partition coefficient (Wildman–Crippen LogP) is 3.38. The first-order chi connectivity index (χ1) is 9.62. The summed E-state index contributed by atoms with van der Waals surface area (Å²) in [4.78, 5) is 7.08. The smallest absolute Gasteiger partial charge is 0.128 e. The van der Waals surface area contributed by atoms with Crippen LogP contribution < -0.4 is 10.2 Å². The van der Waals surface area contributed by atoms with Crippen LogP contribution in [0.2, 0.25) is 0 Å². The first-order valence-electron chi connectivity index (χ1n) is 8.06. The predicted molar refractivity (Wildman–Crippen MR) is 86.2 cm³/mol. The number of aromatic nitrogens is 1. The molecule has 1 aliphatic rings. The summed E-state index contributed by atoms with van der Waals surface area (Å²) >= 11 is 0. The van der Waals surface area contributed by atoms with Gasteiger partial charge in [-0.05, 0) is 42.9 Å². The van der Waals surface area contributed by atoms with Crippen molar-refractivity contribution in [3.05, 3.63) is 23.4 Å². The first-order valence-corrected chi connectivity index (χ1v) is 8.06. The third-order valence-corrected chi connectivity index (χ3v) is 4.13. The van der Waals surface area contributed by atoms with Crippen LogP contribution in [0.3, 0.4) is 0 Å². The molecule has 3 heteroatoms. The zero-order chi connectivity index (χ0) is 14.5. The highest BCUT2D eigenvalue weighted by molar-refractivity contribution is 5.42. The Labute approximate surface area is 123 Å². The van der Waals surface area contributed by atoms with E-state index < -0.39 is 0 Å². The molecule has 1 atom stereocenters. The van der Waals surface area contributed by atoms with Crippen LogP contribution in [0.5, 0.6) is 0 Å². The molecule has 1 fully saturated rings. The van der Waals surface area contributed by atoms with Gasteiger partial charge in [0.15, 0.2) is 0 Å². The summed E-state index contributed by atoms with van der Waals surface area (Å²) in [6.07, 6.45) is 4.90. The Balaban J connectivity index is 2.06. The highest BCUT2D eigenvalue weighted by Crippen LogP contribution is 2.21. The minimum atomic E-state index is 0.708. The summed E-state index contributed by atoms with van der Waals surface area (Å²) in [7, 11) is 2.16. The van der Waals surface area contributed by atoms with Gasteiger partial charge in [-0.25, -0.2) is 4.98 Å². The largest absolute Gasteiger partial charge is 0.359 e. The van der Waals surface area contributed by atoms with E-state index >= 15 is 0 Å². The van der Waals surface area contributed by atoms with Crippen LogP contribution in [-0.4, -0.2) is 24.6 Å². The Hall–Kier alpha value is -1.09. The summed E-state index contributed by atoms with van der Waals surface area (Å²) < 4.78 is 0. The van der Waals surface area contributed by atoms with Gasteiger partial charge in [-0.2, -0.15) is 0 Å². The number of hydrogen-bond donors (Lipinski definition) is 1. The van der Waals surface area contributed by atoms with Crippen LogP contribution >= 0.6 is 0 Å². The zero-order valence-corrected chi connectivity index (χ0v) is 13.4.